The van der Waals surface area contributed by atoms with Crippen LogP contribution < -0.4 is 0 Å². The lowest BCUT2D eigenvalue weighted by Crippen LogP contribution is -2.33. The highest BCUT2D eigenvalue weighted by atomic mass is 16.4. The largest absolute Gasteiger partial charge is 0.477 e. The number of hydrogen-bond donors (Lipinski definition) is 2. The number of amides is 1. The van der Waals surface area contributed by atoms with Crippen molar-refractivity contribution in [1.82, 2.24) is 14.9 Å². The number of hydrogen-bond acceptors (Lipinski definition) is 5. The van der Waals surface area contributed by atoms with Crippen molar-refractivity contribution in [3.8, 4) is 12.1 Å². The van der Waals surface area contributed by atoms with Crippen molar-refractivity contribution in [2.24, 2.45) is 0 Å². The first-order valence-corrected chi connectivity index (χ1v) is 4.41. The number of H-pyrrole nitrogens is 1. The first kappa shape index (κ1) is 12.2. The van der Waals surface area contributed by atoms with E-state index in [0.717, 1.165) is 11.2 Å². The average Bonchev–Trinajstić information content (AvgIpc) is 2.76. The molecule has 0 spiro atoms. The first-order valence-electron chi connectivity index (χ1n) is 4.41. The van der Waals surface area contributed by atoms with Crippen LogP contribution >= 0.6 is 0 Å². The molecule has 1 heterocycles. The Bertz CT molecular complexity index is 505. The van der Waals surface area contributed by atoms with Gasteiger partial charge in [0.2, 0.25) is 0 Å². The fourth-order valence-electron chi connectivity index (χ4n) is 1.14. The number of aromatic nitrogens is 2. The number of nitrogens with zero attached hydrogens (tertiary/aromatic N) is 4. The van der Waals surface area contributed by atoms with E-state index in [9.17, 15) is 9.59 Å². The molecule has 0 bridgehead atoms. The summed E-state index contributed by atoms with van der Waals surface area (Å²) in [6.45, 7) is -0.614. The quantitative estimate of drug-likeness (QED) is 0.679. The second kappa shape index (κ2) is 5.28. The van der Waals surface area contributed by atoms with Crippen LogP contribution in [0.2, 0.25) is 0 Å². The molecule has 2 N–H and O–H groups in total. The van der Waals surface area contributed by atoms with Gasteiger partial charge in [-0.1, -0.05) is 0 Å². The third-order valence-electron chi connectivity index (χ3n) is 1.87. The Morgan fingerprint density at radius 2 is 2.00 bits per heavy atom. The van der Waals surface area contributed by atoms with Crippen molar-refractivity contribution in [2.75, 3.05) is 13.1 Å². The Morgan fingerprint density at radius 3 is 2.47 bits per heavy atom. The van der Waals surface area contributed by atoms with Crippen molar-refractivity contribution in [1.29, 1.82) is 10.5 Å². The number of carbonyl (C=O) groups excluding carboxylic acids is 1. The molecule has 1 rings (SSSR count). The van der Waals surface area contributed by atoms with Gasteiger partial charge in [-0.2, -0.15) is 10.5 Å². The maximum Gasteiger partial charge on any atom is 0.354 e. The van der Waals surface area contributed by atoms with Gasteiger partial charge >= 0.3 is 5.97 Å². The van der Waals surface area contributed by atoms with Gasteiger partial charge in [0.15, 0.2) is 11.4 Å². The zero-order chi connectivity index (χ0) is 12.8. The molecule has 0 aromatic carbocycles. The molecule has 0 fully saturated rings. The van der Waals surface area contributed by atoms with Crippen LogP contribution in [0.15, 0.2) is 6.33 Å². The molecule has 17 heavy (non-hydrogen) atoms. The number of imidazole rings is 1. The summed E-state index contributed by atoms with van der Waals surface area (Å²) < 4.78 is 0. The smallest absolute Gasteiger partial charge is 0.354 e. The summed E-state index contributed by atoms with van der Waals surface area (Å²) in [6, 6.07) is 3.43. The Hall–Kier alpha value is -2.87. The first-order chi connectivity index (χ1) is 8.11. The molecule has 8 heteroatoms. The molecule has 0 aliphatic rings. The molecule has 0 aliphatic heterocycles. The highest BCUT2D eigenvalue weighted by Crippen LogP contribution is 2.06. The van der Waals surface area contributed by atoms with Crippen LogP contribution in [0.1, 0.15) is 21.0 Å². The van der Waals surface area contributed by atoms with E-state index >= 15 is 0 Å². The predicted molar refractivity (Wildman–Crippen MR) is 52.7 cm³/mol. The van der Waals surface area contributed by atoms with E-state index in [0.29, 0.717) is 0 Å². The lowest BCUT2D eigenvalue weighted by molar-refractivity contribution is 0.0675. The third-order valence-corrected chi connectivity index (χ3v) is 1.87. The average molecular weight is 233 g/mol. The molecule has 0 atom stereocenters. The normalized spacial score (nSPS) is 9.06. The Morgan fingerprint density at radius 1 is 1.41 bits per heavy atom. The summed E-state index contributed by atoms with van der Waals surface area (Å²) in [7, 11) is 0. The van der Waals surface area contributed by atoms with Crippen molar-refractivity contribution >= 4 is 11.9 Å². The van der Waals surface area contributed by atoms with Gasteiger partial charge in [-0.15, -0.1) is 0 Å². The molecule has 8 nitrogen and oxygen atoms in total. The van der Waals surface area contributed by atoms with Gasteiger partial charge < -0.3 is 15.0 Å². The second-order valence-electron chi connectivity index (χ2n) is 2.91. The monoisotopic (exact) mass is 233 g/mol. The summed E-state index contributed by atoms with van der Waals surface area (Å²) in [5, 5.41) is 25.8. The Balaban J connectivity index is 3.02. The third kappa shape index (κ3) is 2.58. The van der Waals surface area contributed by atoms with Crippen molar-refractivity contribution in [3.05, 3.63) is 17.7 Å². The van der Waals surface area contributed by atoms with E-state index in [-0.39, 0.29) is 24.5 Å². The molecule has 0 saturated carbocycles. The predicted octanol–water partition coefficient (Wildman–Crippen LogP) is -0.403. The number of carboxylic acids is 1. The zero-order valence-corrected chi connectivity index (χ0v) is 8.54. The minimum Gasteiger partial charge on any atom is -0.477 e. The molecular formula is C9H7N5O3. The zero-order valence-electron chi connectivity index (χ0n) is 8.54. The van der Waals surface area contributed by atoms with Crippen LogP contribution in [0.25, 0.3) is 0 Å². The van der Waals surface area contributed by atoms with E-state index in [4.69, 9.17) is 15.6 Å². The molecule has 0 aliphatic carbocycles. The maximum atomic E-state index is 11.8. The van der Waals surface area contributed by atoms with Crippen LogP contribution in [-0.4, -0.2) is 44.9 Å². The van der Waals surface area contributed by atoms with Gasteiger partial charge in [-0.25, -0.2) is 9.78 Å². The molecule has 1 amide bonds. The fourth-order valence-corrected chi connectivity index (χ4v) is 1.14. The maximum absolute atomic E-state index is 11.8. The minimum atomic E-state index is -1.33. The molecular weight excluding hydrogens is 226 g/mol. The van der Waals surface area contributed by atoms with E-state index < -0.39 is 11.9 Å². The molecule has 0 unspecified atom stereocenters. The summed E-state index contributed by atoms with van der Waals surface area (Å²) in [6.07, 6.45) is 1.06. The van der Waals surface area contributed by atoms with E-state index in [2.05, 4.69) is 9.97 Å². The van der Waals surface area contributed by atoms with Crippen molar-refractivity contribution in [2.45, 2.75) is 0 Å². The van der Waals surface area contributed by atoms with E-state index in [1.165, 1.54) is 0 Å². The molecule has 1 aromatic rings. The van der Waals surface area contributed by atoms with Crippen molar-refractivity contribution in [3.63, 3.8) is 0 Å². The van der Waals surface area contributed by atoms with Crippen LogP contribution in [0.5, 0.6) is 0 Å². The number of nitrogens with one attached hydrogen (secondary N) is 1. The molecule has 86 valence electrons. The Kier molecular flexibility index (Phi) is 3.79. The lowest BCUT2D eigenvalue weighted by Gasteiger charge is -2.14. The highest BCUT2D eigenvalue weighted by Gasteiger charge is 2.24. The summed E-state index contributed by atoms with van der Waals surface area (Å²) in [5.74, 6) is -2.11. The SMILES string of the molecule is N#CCN(CC#N)C(=O)c1nc[nH]c1C(=O)O. The van der Waals surface area contributed by atoms with E-state index in [1.807, 2.05) is 0 Å². The molecule has 0 saturated heterocycles. The number of nitriles is 2. The lowest BCUT2D eigenvalue weighted by atomic mass is 10.3. The number of carbonyl (C=O) groups is 2. The van der Waals surface area contributed by atoms with Crippen LogP contribution in [-0.2, 0) is 0 Å². The van der Waals surface area contributed by atoms with Crippen molar-refractivity contribution < 1.29 is 14.7 Å². The number of aromatic amines is 1. The second-order valence-corrected chi connectivity index (χ2v) is 2.91. The minimum absolute atomic E-state index is 0.307. The standard InChI is InChI=1S/C9H7N5O3/c10-1-3-14(4-2-11)8(15)6-7(9(16)17)13-5-12-6/h5H,3-4H2,(H,12,13)(H,16,17). The summed E-state index contributed by atoms with van der Waals surface area (Å²) in [4.78, 5) is 29.3. The van der Waals surface area contributed by atoms with Gasteiger partial charge in [0.25, 0.3) is 5.91 Å². The molecule has 1 aromatic heterocycles. The van der Waals surface area contributed by atoms with Crippen LogP contribution in [0, 0.1) is 22.7 Å². The van der Waals surface area contributed by atoms with Gasteiger partial charge in [0, 0.05) is 0 Å². The topological polar surface area (TPSA) is 134 Å². The van der Waals surface area contributed by atoms with Gasteiger partial charge in [-0.05, 0) is 0 Å². The van der Waals surface area contributed by atoms with Gasteiger partial charge in [0.05, 0.1) is 18.5 Å². The van der Waals surface area contributed by atoms with Gasteiger partial charge in [-0.3, -0.25) is 4.79 Å². The van der Waals surface area contributed by atoms with E-state index in [1.54, 1.807) is 12.1 Å². The Labute approximate surface area is 95.7 Å². The number of aromatic carboxylic acids is 1. The molecule has 0 radical (unpaired) electrons. The fraction of sp³-hybridized carbons (Fsp3) is 0.222. The summed E-state index contributed by atoms with van der Waals surface area (Å²) >= 11 is 0. The van der Waals surface area contributed by atoms with Crippen LogP contribution in [0.4, 0.5) is 0 Å². The van der Waals surface area contributed by atoms with Crippen LogP contribution in [0.3, 0.4) is 0 Å². The number of carboxylic acid groups (broad SMARTS) is 1. The highest BCUT2D eigenvalue weighted by molar-refractivity contribution is 6.02. The van der Waals surface area contributed by atoms with Gasteiger partial charge in [0.1, 0.15) is 13.1 Å². The number of rotatable bonds is 4. The summed E-state index contributed by atoms with van der Waals surface area (Å²) in [5.41, 5.74) is -0.682.